The summed E-state index contributed by atoms with van der Waals surface area (Å²) >= 11 is 0. The first-order valence-electron chi connectivity index (χ1n) is 6.43. The van der Waals surface area contributed by atoms with Gasteiger partial charge in [0.05, 0.1) is 12.6 Å². The molecule has 0 unspecified atom stereocenters. The van der Waals surface area contributed by atoms with Crippen molar-refractivity contribution in [2.45, 2.75) is 39.7 Å². The maximum absolute atomic E-state index is 11.9. The predicted molar refractivity (Wildman–Crippen MR) is 73.1 cm³/mol. The Kier molecular flexibility index (Phi) is 5.35. The first kappa shape index (κ1) is 14.7. The van der Waals surface area contributed by atoms with Crippen LogP contribution >= 0.6 is 0 Å². The highest BCUT2D eigenvalue weighted by molar-refractivity contribution is 5.77. The Morgan fingerprint density at radius 1 is 1.33 bits per heavy atom. The van der Waals surface area contributed by atoms with Crippen molar-refractivity contribution < 1.29 is 9.90 Å². The lowest BCUT2D eigenvalue weighted by molar-refractivity contribution is -0.124. The second-order valence-corrected chi connectivity index (χ2v) is 5.41. The zero-order valence-corrected chi connectivity index (χ0v) is 11.4. The average molecular weight is 249 g/mol. The second kappa shape index (κ2) is 6.55. The molecule has 1 rings (SSSR count). The first-order valence-corrected chi connectivity index (χ1v) is 6.43. The van der Waals surface area contributed by atoms with E-state index in [0.717, 1.165) is 12.0 Å². The summed E-state index contributed by atoms with van der Waals surface area (Å²) in [6, 6.07) is 9.23. The minimum absolute atomic E-state index is 0.000771. The molecule has 18 heavy (non-hydrogen) atoms. The second-order valence-electron chi connectivity index (χ2n) is 5.41. The maximum Gasteiger partial charge on any atom is 0.221 e. The molecular weight excluding hydrogens is 226 g/mol. The Labute approximate surface area is 109 Å². The molecule has 100 valence electrons. The van der Waals surface area contributed by atoms with Gasteiger partial charge in [0.15, 0.2) is 0 Å². The summed E-state index contributed by atoms with van der Waals surface area (Å²) in [4.78, 5) is 11.9. The summed E-state index contributed by atoms with van der Waals surface area (Å²) in [5.41, 5.74) is 0.934. The minimum atomic E-state index is -0.314. The summed E-state index contributed by atoms with van der Waals surface area (Å²) in [7, 11) is 0. The smallest absolute Gasteiger partial charge is 0.221 e. The van der Waals surface area contributed by atoms with E-state index < -0.39 is 0 Å². The number of aliphatic hydroxyl groups is 1. The Morgan fingerprint density at radius 2 is 1.94 bits per heavy atom. The average Bonchev–Trinajstić information content (AvgIpc) is 2.36. The van der Waals surface area contributed by atoms with Crippen LogP contribution in [0.15, 0.2) is 30.3 Å². The monoisotopic (exact) mass is 249 g/mol. The highest BCUT2D eigenvalue weighted by atomic mass is 16.3. The summed E-state index contributed by atoms with van der Waals surface area (Å²) in [5.74, 6) is -0.00949. The minimum Gasteiger partial charge on any atom is -0.394 e. The van der Waals surface area contributed by atoms with E-state index in [9.17, 15) is 9.90 Å². The van der Waals surface area contributed by atoms with Crippen LogP contribution in [-0.4, -0.2) is 17.6 Å². The van der Waals surface area contributed by atoms with Gasteiger partial charge in [-0.2, -0.15) is 0 Å². The van der Waals surface area contributed by atoms with Gasteiger partial charge < -0.3 is 10.4 Å². The molecular formula is C15H23NO2. The Balaban J connectivity index is 2.62. The van der Waals surface area contributed by atoms with Crippen LogP contribution in [0, 0.1) is 5.41 Å². The van der Waals surface area contributed by atoms with Crippen LogP contribution in [0.3, 0.4) is 0 Å². The third kappa shape index (κ3) is 4.49. The summed E-state index contributed by atoms with van der Waals surface area (Å²) in [6.07, 6.45) is 1.43. The van der Waals surface area contributed by atoms with Gasteiger partial charge in [0.1, 0.15) is 0 Å². The van der Waals surface area contributed by atoms with Gasteiger partial charge in [-0.05, 0) is 11.0 Å². The van der Waals surface area contributed by atoms with Crippen molar-refractivity contribution in [2.75, 3.05) is 6.61 Å². The van der Waals surface area contributed by atoms with Gasteiger partial charge in [-0.3, -0.25) is 4.79 Å². The molecule has 0 heterocycles. The van der Waals surface area contributed by atoms with Gasteiger partial charge in [0, 0.05) is 6.42 Å². The van der Waals surface area contributed by atoms with Crippen molar-refractivity contribution >= 4 is 5.91 Å². The molecule has 2 N–H and O–H groups in total. The topological polar surface area (TPSA) is 49.3 Å². The molecule has 0 aliphatic rings. The van der Waals surface area contributed by atoms with Crippen LogP contribution in [0.5, 0.6) is 0 Å². The van der Waals surface area contributed by atoms with E-state index in [2.05, 4.69) is 26.1 Å². The maximum atomic E-state index is 11.9. The van der Waals surface area contributed by atoms with Gasteiger partial charge in [-0.15, -0.1) is 0 Å². The van der Waals surface area contributed by atoms with Crippen LogP contribution in [0.4, 0.5) is 0 Å². The van der Waals surface area contributed by atoms with Crippen molar-refractivity contribution in [2.24, 2.45) is 5.41 Å². The summed E-state index contributed by atoms with van der Waals surface area (Å²) in [6.45, 7) is 6.14. The Morgan fingerprint density at radius 3 is 2.44 bits per heavy atom. The Hall–Kier alpha value is -1.35. The van der Waals surface area contributed by atoms with E-state index in [4.69, 9.17) is 0 Å². The molecule has 1 atom stereocenters. The highest BCUT2D eigenvalue weighted by Crippen LogP contribution is 2.24. The standard InChI is InChI=1S/C15H23NO2/c1-4-15(2,3)10-14(18)16-13(11-17)12-8-6-5-7-9-12/h5-9,13,17H,4,10-11H2,1-3H3,(H,16,18)/t13-/m0/s1. The van der Waals surface area contributed by atoms with E-state index in [1.54, 1.807) is 0 Å². The van der Waals surface area contributed by atoms with E-state index in [0.29, 0.717) is 6.42 Å². The lowest BCUT2D eigenvalue weighted by Gasteiger charge is -2.24. The number of hydrogen-bond acceptors (Lipinski definition) is 2. The van der Waals surface area contributed by atoms with E-state index >= 15 is 0 Å². The molecule has 1 aromatic rings. The molecule has 0 spiro atoms. The quantitative estimate of drug-likeness (QED) is 0.814. The van der Waals surface area contributed by atoms with Crippen LogP contribution in [-0.2, 0) is 4.79 Å². The SMILES string of the molecule is CCC(C)(C)CC(=O)N[C@@H](CO)c1ccccc1. The number of carbonyl (C=O) groups is 1. The zero-order chi connectivity index (χ0) is 13.6. The normalized spacial score (nSPS) is 13.1. The number of rotatable bonds is 6. The molecule has 0 fully saturated rings. The fraction of sp³-hybridized carbons (Fsp3) is 0.533. The molecule has 0 aromatic heterocycles. The van der Waals surface area contributed by atoms with Crippen molar-refractivity contribution in [1.29, 1.82) is 0 Å². The lowest BCUT2D eigenvalue weighted by atomic mass is 9.86. The van der Waals surface area contributed by atoms with Crippen molar-refractivity contribution in [3.05, 3.63) is 35.9 Å². The molecule has 3 heteroatoms. The van der Waals surface area contributed by atoms with Crippen LogP contribution in [0.2, 0.25) is 0 Å². The predicted octanol–water partition coefficient (Wildman–Crippen LogP) is 2.66. The highest BCUT2D eigenvalue weighted by Gasteiger charge is 2.21. The fourth-order valence-corrected chi connectivity index (χ4v) is 1.72. The Bertz CT molecular complexity index is 373. The number of aliphatic hydroxyl groups excluding tert-OH is 1. The first-order chi connectivity index (χ1) is 8.48. The van der Waals surface area contributed by atoms with Gasteiger partial charge in [0.2, 0.25) is 5.91 Å². The summed E-state index contributed by atoms with van der Waals surface area (Å²) in [5, 5.41) is 12.3. The van der Waals surface area contributed by atoms with Gasteiger partial charge >= 0.3 is 0 Å². The van der Waals surface area contributed by atoms with Gasteiger partial charge in [-0.25, -0.2) is 0 Å². The van der Waals surface area contributed by atoms with E-state index in [-0.39, 0.29) is 24.0 Å². The van der Waals surface area contributed by atoms with E-state index in [1.165, 1.54) is 0 Å². The number of hydrogen-bond donors (Lipinski definition) is 2. The molecule has 0 saturated heterocycles. The van der Waals surface area contributed by atoms with Crippen molar-refractivity contribution in [3.63, 3.8) is 0 Å². The van der Waals surface area contributed by atoms with Crippen LogP contribution in [0.1, 0.15) is 45.2 Å². The third-order valence-electron chi connectivity index (χ3n) is 3.32. The zero-order valence-electron chi connectivity index (χ0n) is 11.4. The van der Waals surface area contributed by atoms with Crippen LogP contribution < -0.4 is 5.32 Å². The number of carbonyl (C=O) groups excluding carboxylic acids is 1. The fourth-order valence-electron chi connectivity index (χ4n) is 1.72. The number of amides is 1. The molecule has 0 radical (unpaired) electrons. The molecule has 1 amide bonds. The van der Waals surface area contributed by atoms with Gasteiger partial charge in [0.25, 0.3) is 0 Å². The van der Waals surface area contributed by atoms with E-state index in [1.807, 2.05) is 30.3 Å². The molecule has 0 aliphatic carbocycles. The van der Waals surface area contributed by atoms with Gasteiger partial charge in [-0.1, -0.05) is 57.5 Å². The lowest BCUT2D eigenvalue weighted by Crippen LogP contribution is -2.33. The van der Waals surface area contributed by atoms with Crippen molar-refractivity contribution in [1.82, 2.24) is 5.32 Å². The molecule has 3 nitrogen and oxygen atoms in total. The molecule has 0 aliphatic heterocycles. The summed E-state index contributed by atoms with van der Waals surface area (Å²) < 4.78 is 0. The number of nitrogens with one attached hydrogen (secondary N) is 1. The molecule has 0 bridgehead atoms. The molecule has 1 aromatic carbocycles. The number of benzene rings is 1. The third-order valence-corrected chi connectivity index (χ3v) is 3.32. The van der Waals surface area contributed by atoms with Crippen molar-refractivity contribution in [3.8, 4) is 0 Å². The van der Waals surface area contributed by atoms with Crippen LogP contribution in [0.25, 0.3) is 0 Å². The largest absolute Gasteiger partial charge is 0.394 e. The molecule has 0 saturated carbocycles.